The minimum absolute atomic E-state index is 0.143. The van der Waals surface area contributed by atoms with Crippen LogP contribution < -0.4 is 4.74 Å². The van der Waals surface area contributed by atoms with Crippen molar-refractivity contribution in [3.05, 3.63) is 45.7 Å². The van der Waals surface area contributed by atoms with Gasteiger partial charge in [0.15, 0.2) is 5.78 Å². The van der Waals surface area contributed by atoms with Crippen molar-refractivity contribution in [2.45, 2.75) is 40.3 Å². The average Bonchev–Trinajstić information content (AvgIpc) is 2.79. The molecule has 1 aromatic carbocycles. The van der Waals surface area contributed by atoms with Gasteiger partial charge >= 0.3 is 0 Å². The number of Topliss-reactive ketones (excluding diaryl/α,β-unsaturated/α-hetero) is 1. The smallest absolute Gasteiger partial charge is 0.162 e. The molecule has 0 bridgehead atoms. The van der Waals surface area contributed by atoms with Crippen molar-refractivity contribution in [2.75, 3.05) is 0 Å². The van der Waals surface area contributed by atoms with Gasteiger partial charge in [0.1, 0.15) is 12.4 Å². The van der Waals surface area contributed by atoms with E-state index in [1.807, 2.05) is 37.6 Å². The fraction of sp³-hybridized carbons (Fsp3) is 0.375. The lowest BCUT2D eigenvalue weighted by atomic mass is 10.1. The van der Waals surface area contributed by atoms with E-state index in [1.165, 1.54) is 0 Å². The first-order chi connectivity index (χ1) is 10.1. The van der Waals surface area contributed by atoms with E-state index in [4.69, 9.17) is 4.74 Å². The Hall–Kier alpha value is -1.62. The molecule has 4 nitrogen and oxygen atoms in total. The molecule has 1 heterocycles. The molecule has 0 aliphatic carbocycles. The van der Waals surface area contributed by atoms with Gasteiger partial charge in [-0.25, -0.2) is 0 Å². The normalized spacial score (nSPS) is 10.7. The summed E-state index contributed by atoms with van der Waals surface area (Å²) < 4.78 is 8.71. The van der Waals surface area contributed by atoms with Gasteiger partial charge in [0.2, 0.25) is 0 Å². The molecule has 0 N–H and O–H groups in total. The zero-order valence-corrected chi connectivity index (χ0v) is 14.1. The van der Waals surface area contributed by atoms with Crippen LogP contribution in [0.15, 0.2) is 28.7 Å². The van der Waals surface area contributed by atoms with E-state index in [-0.39, 0.29) is 5.78 Å². The van der Waals surface area contributed by atoms with Crippen LogP contribution >= 0.6 is 15.9 Å². The Morgan fingerprint density at radius 1 is 1.29 bits per heavy atom. The third-order valence-corrected chi connectivity index (χ3v) is 4.36. The van der Waals surface area contributed by atoms with E-state index < -0.39 is 0 Å². The molecule has 0 unspecified atom stereocenters. The number of ketones is 1. The fourth-order valence-corrected chi connectivity index (χ4v) is 2.50. The van der Waals surface area contributed by atoms with Crippen LogP contribution in [0.3, 0.4) is 0 Å². The van der Waals surface area contributed by atoms with Crippen LogP contribution in [0.4, 0.5) is 0 Å². The Bertz CT molecular complexity index is 632. The summed E-state index contributed by atoms with van der Waals surface area (Å²) in [5.41, 5.74) is 2.70. The summed E-state index contributed by atoms with van der Waals surface area (Å²) in [7, 11) is 0. The Kier molecular flexibility index (Phi) is 5.17. The maximum atomic E-state index is 11.6. The van der Waals surface area contributed by atoms with Gasteiger partial charge in [-0.2, -0.15) is 5.10 Å². The zero-order chi connectivity index (χ0) is 15.4. The van der Waals surface area contributed by atoms with Gasteiger partial charge in [-0.05, 0) is 54.0 Å². The largest absolute Gasteiger partial charge is 0.487 e. The number of ether oxygens (including phenoxy) is 1. The molecule has 2 aromatic rings. The molecule has 0 spiro atoms. The van der Waals surface area contributed by atoms with Crippen LogP contribution in [0.25, 0.3) is 0 Å². The van der Waals surface area contributed by atoms with E-state index in [9.17, 15) is 4.79 Å². The number of rotatable bonds is 6. The van der Waals surface area contributed by atoms with Gasteiger partial charge in [0, 0.05) is 18.5 Å². The minimum atomic E-state index is 0.143. The quantitative estimate of drug-likeness (QED) is 0.735. The van der Waals surface area contributed by atoms with Crippen LogP contribution in [0.2, 0.25) is 0 Å². The number of hydrogen-bond acceptors (Lipinski definition) is 3. The standard InChI is InChI=1S/C16H19BrN2O2/c1-4-15(20)12-6-8-13(9-7-12)21-10-14-16(17)11(3)18-19(14)5-2/h6-9H,4-5,10H2,1-3H3. The molecule has 1 aromatic heterocycles. The predicted octanol–water partition coefficient (Wildman–Crippen LogP) is 4.15. The molecule has 0 saturated heterocycles. The van der Waals surface area contributed by atoms with E-state index in [0.29, 0.717) is 13.0 Å². The van der Waals surface area contributed by atoms with Crippen LogP contribution in [-0.4, -0.2) is 15.6 Å². The monoisotopic (exact) mass is 350 g/mol. The first-order valence-corrected chi connectivity index (χ1v) is 7.84. The van der Waals surface area contributed by atoms with Crippen molar-refractivity contribution in [1.29, 1.82) is 0 Å². The van der Waals surface area contributed by atoms with Crippen molar-refractivity contribution >= 4 is 21.7 Å². The highest BCUT2D eigenvalue weighted by Gasteiger charge is 2.12. The Labute approximate surface area is 133 Å². The summed E-state index contributed by atoms with van der Waals surface area (Å²) in [5, 5.41) is 4.43. The van der Waals surface area contributed by atoms with Crippen molar-refractivity contribution in [3.8, 4) is 5.75 Å². The molecule has 0 aliphatic rings. The van der Waals surface area contributed by atoms with Gasteiger partial charge in [-0.15, -0.1) is 0 Å². The van der Waals surface area contributed by atoms with Crippen molar-refractivity contribution in [1.82, 2.24) is 9.78 Å². The maximum absolute atomic E-state index is 11.6. The highest BCUT2D eigenvalue weighted by molar-refractivity contribution is 9.10. The maximum Gasteiger partial charge on any atom is 0.162 e. The highest BCUT2D eigenvalue weighted by Crippen LogP contribution is 2.23. The molecule has 2 rings (SSSR count). The molecule has 0 radical (unpaired) electrons. The lowest BCUT2D eigenvalue weighted by molar-refractivity contribution is 0.0988. The highest BCUT2D eigenvalue weighted by atomic mass is 79.9. The number of aromatic nitrogens is 2. The Balaban J connectivity index is 2.08. The molecular formula is C16H19BrN2O2. The molecule has 0 saturated carbocycles. The number of halogens is 1. The SMILES string of the molecule is CCC(=O)c1ccc(OCc2c(Br)c(C)nn2CC)cc1. The van der Waals surface area contributed by atoms with E-state index in [1.54, 1.807) is 12.1 Å². The van der Waals surface area contributed by atoms with Crippen LogP contribution in [0.5, 0.6) is 5.75 Å². The molecule has 5 heteroatoms. The third kappa shape index (κ3) is 3.53. The number of hydrogen-bond donors (Lipinski definition) is 0. The van der Waals surface area contributed by atoms with Crippen LogP contribution in [-0.2, 0) is 13.2 Å². The number of nitrogens with zero attached hydrogens (tertiary/aromatic N) is 2. The summed E-state index contributed by atoms with van der Waals surface area (Å²) in [6, 6.07) is 7.27. The number of carbonyl (C=O) groups excluding carboxylic acids is 1. The first kappa shape index (κ1) is 15.8. The summed E-state index contributed by atoms with van der Waals surface area (Å²) in [4.78, 5) is 11.6. The predicted molar refractivity (Wildman–Crippen MR) is 85.7 cm³/mol. The van der Waals surface area contributed by atoms with Crippen molar-refractivity contribution in [2.24, 2.45) is 0 Å². The van der Waals surface area contributed by atoms with Gasteiger partial charge in [-0.1, -0.05) is 6.92 Å². The van der Waals surface area contributed by atoms with Crippen LogP contribution in [0.1, 0.15) is 42.0 Å². The molecule has 21 heavy (non-hydrogen) atoms. The second-order valence-corrected chi connectivity index (χ2v) is 5.54. The topological polar surface area (TPSA) is 44.1 Å². The molecular weight excluding hydrogens is 332 g/mol. The summed E-state index contributed by atoms with van der Waals surface area (Å²) in [6.45, 7) is 7.11. The van der Waals surface area contributed by atoms with E-state index >= 15 is 0 Å². The molecule has 0 amide bonds. The number of carbonyl (C=O) groups is 1. The molecule has 0 aliphatic heterocycles. The van der Waals surface area contributed by atoms with Gasteiger partial charge in [0.05, 0.1) is 15.9 Å². The Morgan fingerprint density at radius 3 is 2.52 bits per heavy atom. The summed E-state index contributed by atoms with van der Waals surface area (Å²) in [6.07, 6.45) is 0.516. The minimum Gasteiger partial charge on any atom is -0.487 e. The van der Waals surface area contributed by atoms with E-state index in [0.717, 1.165) is 33.7 Å². The van der Waals surface area contributed by atoms with Crippen molar-refractivity contribution in [3.63, 3.8) is 0 Å². The third-order valence-electron chi connectivity index (χ3n) is 3.33. The second kappa shape index (κ2) is 6.89. The fourth-order valence-electron chi connectivity index (χ4n) is 2.10. The second-order valence-electron chi connectivity index (χ2n) is 4.75. The number of benzene rings is 1. The first-order valence-electron chi connectivity index (χ1n) is 7.04. The lowest BCUT2D eigenvalue weighted by Crippen LogP contribution is -2.06. The van der Waals surface area contributed by atoms with E-state index in [2.05, 4.69) is 21.0 Å². The lowest BCUT2D eigenvalue weighted by Gasteiger charge is -2.09. The average molecular weight is 351 g/mol. The van der Waals surface area contributed by atoms with Crippen LogP contribution in [0, 0.1) is 6.92 Å². The molecule has 112 valence electrons. The Morgan fingerprint density at radius 2 is 1.95 bits per heavy atom. The molecule has 0 atom stereocenters. The van der Waals surface area contributed by atoms with Gasteiger partial charge in [0.25, 0.3) is 0 Å². The summed E-state index contributed by atoms with van der Waals surface area (Å²) in [5.74, 6) is 0.889. The van der Waals surface area contributed by atoms with Gasteiger partial charge < -0.3 is 4.74 Å². The number of aryl methyl sites for hydroxylation is 2. The molecule has 0 fully saturated rings. The zero-order valence-electron chi connectivity index (χ0n) is 12.5. The van der Waals surface area contributed by atoms with Crippen molar-refractivity contribution < 1.29 is 9.53 Å². The summed E-state index contributed by atoms with van der Waals surface area (Å²) >= 11 is 3.55. The van der Waals surface area contributed by atoms with Gasteiger partial charge in [-0.3, -0.25) is 9.48 Å².